The minimum absolute atomic E-state index is 0.0820. The number of aliphatic imine (C=N–C) groups is 1. The molecule has 3 fully saturated rings. The van der Waals surface area contributed by atoms with Gasteiger partial charge in [0.2, 0.25) is 0 Å². The molecule has 1 aliphatic carbocycles. The third-order valence-electron chi connectivity index (χ3n) is 5.22. The molecule has 7 nitrogen and oxygen atoms in total. The predicted molar refractivity (Wildman–Crippen MR) is 89.6 cm³/mol. The maximum Gasteiger partial charge on any atom is 0.255 e. The van der Waals surface area contributed by atoms with Gasteiger partial charge in [-0.15, -0.1) is 0 Å². The number of piperidine rings is 1. The molecule has 1 unspecified atom stereocenters. The molecule has 3 heterocycles. The first kappa shape index (κ1) is 15.9. The predicted octanol–water partition coefficient (Wildman–Crippen LogP) is 2.21. The number of guanidine groups is 1. The molecule has 2 saturated heterocycles. The van der Waals surface area contributed by atoms with Crippen LogP contribution in [0, 0.1) is 5.92 Å². The number of ether oxygens (including phenoxy) is 1. The van der Waals surface area contributed by atoms with Crippen LogP contribution in [-0.2, 0) is 4.74 Å². The number of nitrogens with two attached hydrogens (primary N) is 1. The monoisotopic (exact) mass is 333 g/mol. The Hall–Kier alpha value is -1.63. The van der Waals surface area contributed by atoms with Crippen LogP contribution >= 0.6 is 0 Å². The molecule has 2 N–H and O–H groups in total. The Balaban J connectivity index is 1.29. The first-order valence-corrected chi connectivity index (χ1v) is 9.23. The minimum atomic E-state index is -0.0820. The first-order chi connectivity index (χ1) is 11.7. The molecule has 0 radical (unpaired) electrons. The Morgan fingerprint density at radius 1 is 1.29 bits per heavy atom. The van der Waals surface area contributed by atoms with E-state index in [4.69, 9.17) is 15.0 Å². The van der Waals surface area contributed by atoms with E-state index in [-0.39, 0.29) is 12.2 Å². The number of hydrogen-bond donors (Lipinski definition) is 1. The molecule has 7 heteroatoms. The molecule has 0 spiro atoms. The van der Waals surface area contributed by atoms with Crippen LogP contribution < -0.4 is 5.73 Å². The highest BCUT2D eigenvalue weighted by atomic mass is 16.5. The maximum atomic E-state index is 6.16. The molecular formula is C17H27N5O2. The van der Waals surface area contributed by atoms with Crippen molar-refractivity contribution in [2.75, 3.05) is 19.6 Å². The van der Waals surface area contributed by atoms with E-state index < -0.39 is 0 Å². The van der Waals surface area contributed by atoms with Gasteiger partial charge in [-0.3, -0.25) is 4.99 Å². The highest BCUT2D eigenvalue weighted by molar-refractivity contribution is 5.78. The van der Waals surface area contributed by atoms with Crippen molar-refractivity contribution in [3.63, 3.8) is 0 Å². The normalized spacial score (nSPS) is 31.6. The van der Waals surface area contributed by atoms with Crippen molar-refractivity contribution in [3.8, 4) is 0 Å². The molecule has 3 aliphatic rings. The molecule has 1 saturated carbocycles. The Bertz CT molecular complexity index is 598. The zero-order valence-electron chi connectivity index (χ0n) is 14.4. The van der Waals surface area contributed by atoms with E-state index in [1.165, 1.54) is 25.7 Å². The number of aromatic nitrogens is 2. The zero-order valence-corrected chi connectivity index (χ0v) is 14.4. The van der Waals surface area contributed by atoms with E-state index in [1.807, 2.05) is 0 Å². The summed E-state index contributed by atoms with van der Waals surface area (Å²) in [5.41, 5.74) is 6.16. The Labute approximate surface area is 142 Å². The maximum absolute atomic E-state index is 6.16. The fraction of sp³-hybridized carbons (Fsp3) is 0.824. The van der Waals surface area contributed by atoms with Gasteiger partial charge in [-0.05, 0) is 44.4 Å². The SMILES string of the molecule is CC1CCCN(C(N)=NC[C@H]2CC[C@@H](c3nc(C4CC4)no3)O2)C1. The largest absolute Gasteiger partial charge is 0.370 e. The lowest BCUT2D eigenvalue weighted by atomic mass is 10.0. The smallest absolute Gasteiger partial charge is 0.255 e. The molecular weight excluding hydrogens is 306 g/mol. The van der Waals surface area contributed by atoms with Crippen molar-refractivity contribution in [2.45, 2.75) is 63.6 Å². The van der Waals surface area contributed by atoms with Gasteiger partial charge in [-0.1, -0.05) is 12.1 Å². The molecule has 1 aromatic heterocycles. The van der Waals surface area contributed by atoms with Gasteiger partial charge >= 0.3 is 0 Å². The fourth-order valence-corrected chi connectivity index (χ4v) is 3.60. The second kappa shape index (κ2) is 6.70. The lowest BCUT2D eigenvalue weighted by molar-refractivity contribution is 0.0307. The van der Waals surface area contributed by atoms with Gasteiger partial charge in [0, 0.05) is 19.0 Å². The summed E-state index contributed by atoms with van der Waals surface area (Å²) in [5.74, 6) is 3.33. The van der Waals surface area contributed by atoms with Crippen LogP contribution in [0.5, 0.6) is 0 Å². The van der Waals surface area contributed by atoms with E-state index in [0.717, 1.165) is 31.8 Å². The van der Waals surface area contributed by atoms with E-state index in [0.29, 0.717) is 30.2 Å². The van der Waals surface area contributed by atoms with Crippen LogP contribution in [0.4, 0.5) is 0 Å². The summed E-state index contributed by atoms with van der Waals surface area (Å²) in [4.78, 5) is 11.3. The quantitative estimate of drug-likeness (QED) is 0.671. The van der Waals surface area contributed by atoms with Crippen LogP contribution in [-0.4, -0.2) is 46.7 Å². The number of hydrogen-bond acceptors (Lipinski definition) is 5. The zero-order chi connectivity index (χ0) is 16.5. The summed E-state index contributed by atoms with van der Waals surface area (Å²) in [6, 6.07) is 0. The van der Waals surface area contributed by atoms with E-state index in [1.54, 1.807) is 0 Å². The molecule has 3 atom stereocenters. The number of nitrogens with zero attached hydrogens (tertiary/aromatic N) is 4. The minimum Gasteiger partial charge on any atom is -0.370 e. The summed E-state index contributed by atoms with van der Waals surface area (Å²) >= 11 is 0. The molecule has 1 aromatic rings. The summed E-state index contributed by atoms with van der Waals surface area (Å²) in [6.07, 6.45) is 6.70. The van der Waals surface area contributed by atoms with Crippen molar-refractivity contribution in [3.05, 3.63) is 11.7 Å². The molecule has 0 amide bonds. The summed E-state index contributed by atoms with van der Waals surface area (Å²) in [7, 11) is 0. The Kier molecular flexibility index (Phi) is 4.43. The van der Waals surface area contributed by atoms with Crippen molar-refractivity contribution >= 4 is 5.96 Å². The van der Waals surface area contributed by atoms with Crippen molar-refractivity contribution in [2.24, 2.45) is 16.6 Å². The second-order valence-corrected chi connectivity index (χ2v) is 7.48. The van der Waals surface area contributed by atoms with Crippen LogP contribution in [0.2, 0.25) is 0 Å². The summed E-state index contributed by atoms with van der Waals surface area (Å²) in [6.45, 7) is 4.90. The standard InChI is InChI=1S/C17H27N5O2/c1-11-3-2-8-22(10-11)17(18)19-9-13-6-7-14(23-13)16-20-15(21-24-16)12-4-5-12/h11-14H,2-10H2,1H3,(H2,18,19)/t11?,13-,14+/m1/s1. The van der Waals surface area contributed by atoms with Crippen LogP contribution in [0.3, 0.4) is 0 Å². The van der Waals surface area contributed by atoms with Gasteiger partial charge in [0.05, 0.1) is 12.6 Å². The van der Waals surface area contributed by atoms with Gasteiger partial charge in [-0.25, -0.2) is 0 Å². The van der Waals surface area contributed by atoms with Gasteiger partial charge in [0.25, 0.3) is 5.89 Å². The first-order valence-electron chi connectivity index (χ1n) is 9.23. The van der Waals surface area contributed by atoms with E-state index in [9.17, 15) is 0 Å². The average molecular weight is 333 g/mol. The third kappa shape index (κ3) is 3.55. The fourth-order valence-electron chi connectivity index (χ4n) is 3.60. The molecule has 24 heavy (non-hydrogen) atoms. The number of likely N-dealkylation sites (tertiary alicyclic amines) is 1. The Morgan fingerprint density at radius 3 is 2.96 bits per heavy atom. The van der Waals surface area contributed by atoms with Crippen LogP contribution in [0.1, 0.15) is 69.2 Å². The second-order valence-electron chi connectivity index (χ2n) is 7.48. The topological polar surface area (TPSA) is 89.8 Å². The average Bonchev–Trinajstić information content (AvgIpc) is 3.13. The molecule has 0 aromatic carbocycles. The summed E-state index contributed by atoms with van der Waals surface area (Å²) < 4.78 is 11.4. The Morgan fingerprint density at radius 2 is 2.17 bits per heavy atom. The lowest BCUT2D eigenvalue weighted by Crippen LogP contribution is -2.43. The lowest BCUT2D eigenvalue weighted by Gasteiger charge is -2.31. The van der Waals surface area contributed by atoms with Crippen molar-refractivity contribution in [1.82, 2.24) is 15.0 Å². The molecule has 4 rings (SSSR count). The van der Waals surface area contributed by atoms with E-state index in [2.05, 4.69) is 27.0 Å². The summed E-state index contributed by atoms with van der Waals surface area (Å²) in [5, 5.41) is 4.07. The van der Waals surface area contributed by atoms with Gasteiger partial charge in [0.15, 0.2) is 11.8 Å². The highest BCUT2D eigenvalue weighted by Gasteiger charge is 2.34. The molecule has 2 aliphatic heterocycles. The number of rotatable bonds is 4. The van der Waals surface area contributed by atoms with Gasteiger partial charge in [-0.2, -0.15) is 4.98 Å². The molecule has 0 bridgehead atoms. The van der Waals surface area contributed by atoms with Crippen LogP contribution in [0.15, 0.2) is 9.52 Å². The highest BCUT2D eigenvalue weighted by Crippen LogP contribution is 2.39. The van der Waals surface area contributed by atoms with Gasteiger partial charge < -0.3 is 19.9 Å². The molecule has 132 valence electrons. The van der Waals surface area contributed by atoms with Crippen molar-refractivity contribution in [1.29, 1.82) is 0 Å². The van der Waals surface area contributed by atoms with Gasteiger partial charge in [0.1, 0.15) is 6.10 Å². The van der Waals surface area contributed by atoms with E-state index >= 15 is 0 Å². The third-order valence-corrected chi connectivity index (χ3v) is 5.22. The van der Waals surface area contributed by atoms with Crippen molar-refractivity contribution < 1.29 is 9.26 Å². The van der Waals surface area contributed by atoms with Crippen LogP contribution in [0.25, 0.3) is 0 Å².